The zero-order valence-corrected chi connectivity index (χ0v) is 11.0. The zero-order chi connectivity index (χ0) is 14.4. The monoisotopic (exact) mass is 270 g/mol. The molecule has 5 nitrogen and oxygen atoms in total. The van der Waals surface area contributed by atoms with Gasteiger partial charge in [-0.2, -0.15) is 0 Å². The van der Waals surface area contributed by atoms with Gasteiger partial charge in [0.25, 0.3) is 5.91 Å². The maximum atomic E-state index is 11.9. The Bertz CT molecular complexity index is 639. The first-order valence-electron chi connectivity index (χ1n) is 6.11. The molecule has 5 heteroatoms. The molecule has 1 aromatic heterocycles. The minimum Gasteiger partial charge on any atom is -0.384 e. The van der Waals surface area contributed by atoms with Crippen LogP contribution in [-0.4, -0.2) is 22.8 Å². The van der Waals surface area contributed by atoms with Crippen LogP contribution in [0, 0.1) is 11.8 Å². The quantitative estimate of drug-likeness (QED) is 0.829. The molecule has 20 heavy (non-hydrogen) atoms. The van der Waals surface area contributed by atoms with E-state index in [1.54, 1.807) is 0 Å². The van der Waals surface area contributed by atoms with Crippen molar-refractivity contribution in [2.45, 2.75) is 13.0 Å². The number of hydrogen-bond donors (Lipinski definition) is 2. The Balaban J connectivity index is 2.09. The molecule has 102 valence electrons. The molecule has 0 aliphatic rings. The Labute approximate surface area is 116 Å². The summed E-state index contributed by atoms with van der Waals surface area (Å²) in [6, 6.07) is 8.79. The van der Waals surface area contributed by atoms with Crippen LogP contribution < -0.4 is 5.32 Å². The van der Waals surface area contributed by atoms with Gasteiger partial charge in [0, 0.05) is 11.6 Å². The number of hydrogen-bond acceptors (Lipinski definition) is 4. The van der Waals surface area contributed by atoms with E-state index in [1.807, 2.05) is 31.2 Å². The number of nitrogens with zero attached hydrogens (tertiary/aromatic N) is 1. The van der Waals surface area contributed by atoms with Crippen LogP contribution in [0.5, 0.6) is 0 Å². The Morgan fingerprint density at radius 1 is 1.50 bits per heavy atom. The van der Waals surface area contributed by atoms with Crippen LogP contribution in [0.1, 0.15) is 34.6 Å². The Morgan fingerprint density at radius 2 is 2.35 bits per heavy atom. The second-order valence-electron chi connectivity index (χ2n) is 4.17. The van der Waals surface area contributed by atoms with E-state index < -0.39 is 0 Å². The fourth-order valence-corrected chi connectivity index (χ4v) is 1.71. The maximum Gasteiger partial charge on any atom is 0.273 e. The van der Waals surface area contributed by atoms with Crippen molar-refractivity contribution >= 4 is 5.91 Å². The van der Waals surface area contributed by atoms with Gasteiger partial charge < -0.3 is 14.9 Å². The molecule has 0 aliphatic carbocycles. The van der Waals surface area contributed by atoms with Crippen LogP contribution in [0.25, 0.3) is 0 Å². The van der Waals surface area contributed by atoms with E-state index in [4.69, 9.17) is 5.11 Å². The van der Waals surface area contributed by atoms with Gasteiger partial charge in [-0.3, -0.25) is 4.79 Å². The number of aliphatic hydroxyl groups excluding tert-OH is 1. The molecule has 0 radical (unpaired) electrons. The third kappa shape index (κ3) is 3.46. The number of rotatable bonds is 3. The highest BCUT2D eigenvalue weighted by Gasteiger charge is 2.13. The SMILES string of the molecule is CC(NC(=O)c1ccon1)c1cccc(C#CCO)c1. The predicted octanol–water partition coefficient (Wildman–Crippen LogP) is 1.51. The summed E-state index contributed by atoms with van der Waals surface area (Å²) in [4.78, 5) is 11.9. The van der Waals surface area contributed by atoms with Gasteiger partial charge in [-0.1, -0.05) is 29.1 Å². The van der Waals surface area contributed by atoms with Crippen LogP contribution in [0.15, 0.2) is 41.1 Å². The van der Waals surface area contributed by atoms with E-state index in [0.29, 0.717) is 0 Å². The molecule has 2 aromatic rings. The minimum atomic E-state index is -0.293. The summed E-state index contributed by atoms with van der Waals surface area (Å²) in [6.07, 6.45) is 1.35. The number of amides is 1. The number of aromatic nitrogens is 1. The molecular formula is C15H14N2O3. The van der Waals surface area contributed by atoms with E-state index >= 15 is 0 Å². The van der Waals surface area contributed by atoms with Crippen LogP contribution in [-0.2, 0) is 0 Å². The number of carbonyl (C=O) groups excluding carboxylic acids is 1. The first-order valence-corrected chi connectivity index (χ1v) is 6.11. The third-order valence-corrected chi connectivity index (χ3v) is 2.72. The molecule has 0 saturated heterocycles. The van der Waals surface area contributed by atoms with E-state index in [1.165, 1.54) is 12.3 Å². The fourth-order valence-electron chi connectivity index (χ4n) is 1.71. The van der Waals surface area contributed by atoms with Gasteiger partial charge in [0.05, 0.1) is 6.04 Å². The lowest BCUT2D eigenvalue weighted by molar-refractivity contribution is 0.0930. The molecule has 2 N–H and O–H groups in total. The molecule has 1 amide bonds. The fraction of sp³-hybridized carbons (Fsp3) is 0.200. The van der Waals surface area contributed by atoms with Crippen LogP contribution in [0.2, 0.25) is 0 Å². The average molecular weight is 270 g/mol. The van der Waals surface area contributed by atoms with E-state index in [9.17, 15) is 4.79 Å². The summed E-state index contributed by atoms with van der Waals surface area (Å²) >= 11 is 0. The number of benzene rings is 1. The van der Waals surface area contributed by atoms with E-state index in [0.717, 1.165) is 11.1 Å². The van der Waals surface area contributed by atoms with Crippen molar-refractivity contribution in [2.24, 2.45) is 0 Å². The number of nitrogens with one attached hydrogen (secondary N) is 1. The largest absolute Gasteiger partial charge is 0.384 e. The number of carbonyl (C=O) groups is 1. The molecule has 1 heterocycles. The van der Waals surface area contributed by atoms with Gasteiger partial charge in [-0.15, -0.1) is 0 Å². The molecule has 0 spiro atoms. The predicted molar refractivity (Wildman–Crippen MR) is 72.8 cm³/mol. The lowest BCUT2D eigenvalue weighted by Gasteiger charge is -2.13. The van der Waals surface area contributed by atoms with Crippen LogP contribution in [0.4, 0.5) is 0 Å². The van der Waals surface area contributed by atoms with E-state index in [-0.39, 0.29) is 24.2 Å². The van der Waals surface area contributed by atoms with Crippen molar-refractivity contribution in [1.82, 2.24) is 10.5 Å². The molecule has 0 saturated carbocycles. The molecule has 1 unspecified atom stereocenters. The Morgan fingerprint density at radius 3 is 3.05 bits per heavy atom. The van der Waals surface area contributed by atoms with E-state index in [2.05, 4.69) is 26.8 Å². The minimum absolute atomic E-state index is 0.178. The van der Waals surface area contributed by atoms with Gasteiger partial charge >= 0.3 is 0 Å². The van der Waals surface area contributed by atoms with Crippen LogP contribution >= 0.6 is 0 Å². The van der Waals surface area contributed by atoms with Crippen molar-refractivity contribution in [1.29, 1.82) is 0 Å². The summed E-state index contributed by atoms with van der Waals surface area (Å²) in [5.41, 5.74) is 1.96. The molecule has 1 aromatic carbocycles. The van der Waals surface area contributed by atoms with Crippen molar-refractivity contribution in [3.05, 3.63) is 53.4 Å². The van der Waals surface area contributed by atoms with Gasteiger partial charge in [0.1, 0.15) is 12.9 Å². The summed E-state index contributed by atoms with van der Waals surface area (Å²) in [5.74, 6) is 5.13. The first kappa shape index (κ1) is 13.8. The molecule has 2 rings (SSSR count). The van der Waals surface area contributed by atoms with Gasteiger partial charge in [-0.25, -0.2) is 0 Å². The lowest BCUT2D eigenvalue weighted by atomic mass is 10.1. The Kier molecular flexibility index (Phi) is 4.53. The average Bonchev–Trinajstić information content (AvgIpc) is 2.99. The van der Waals surface area contributed by atoms with Crippen molar-refractivity contribution in [3.8, 4) is 11.8 Å². The van der Waals surface area contributed by atoms with Crippen molar-refractivity contribution < 1.29 is 14.4 Å². The van der Waals surface area contributed by atoms with Gasteiger partial charge in [-0.05, 0) is 24.6 Å². The highest BCUT2D eigenvalue weighted by Crippen LogP contribution is 2.14. The summed E-state index contributed by atoms with van der Waals surface area (Å²) in [7, 11) is 0. The normalized spacial score (nSPS) is 11.3. The molecule has 0 aliphatic heterocycles. The third-order valence-electron chi connectivity index (χ3n) is 2.72. The Hall–Kier alpha value is -2.58. The second-order valence-corrected chi connectivity index (χ2v) is 4.17. The summed E-state index contributed by atoms with van der Waals surface area (Å²) in [6.45, 7) is 1.69. The first-order chi connectivity index (χ1) is 9.70. The summed E-state index contributed by atoms with van der Waals surface area (Å²) < 4.78 is 4.63. The second kappa shape index (κ2) is 6.55. The lowest BCUT2D eigenvalue weighted by Crippen LogP contribution is -2.26. The van der Waals surface area contributed by atoms with Crippen LogP contribution in [0.3, 0.4) is 0 Å². The molecule has 0 bridgehead atoms. The number of aliphatic hydroxyl groups is 1. The van der Waals surface area contributed by atoms with Gasteiger partial charge in [0.2, 0.25) is 0 Å². The zero-order valence-electron chi connectivity index (χ0n) is 11.0. The molecule has 1 atom stereocenters. The van der Waals surface area contributed by atoms with Crippen molar-refractivity contribution in [3.63, 3.8) is 0 Å². The highest BCUT2D eigenvalue weighted by molar-refractivity contribution is 5.92. The standard InChI is InChI=1S/C15H14N2O3/c1-11(16-15(19)14-7-9-20-17-14)13-6-2-4-12(10-13)5-3-8-18/h2,4,6-7,9-11,18H,8H2,1H3,(H,16,19). The summed E-state index contributed by atoms with van der Waals surface area (Å²) in [5, 5.41) is 15.1. The molecular weight excluding hydrogens is 256 g/mol. The molecule has 0 fully saturated rings. The van der Waals surface area contributed by atoms with Crippen molar-refractivity contribution in [2.75, 3.05) is 6.61 Å². The maximum absolute atomic E-state index is 11.9. The topological polar surface area (TPSA) is 75.4 Å². The van der Waals surface area contributed by atoms with Gasteiger partial charge in [0.15, 0.2) is 5.69 Å². The highest BCUT2D eigenvalue weighted by atomic mass is 16.5. The smallest absolute Gasteiger partial charge is 0.273 e.